The first-order valence-corrected chi connectivity index (χ1v) is 11.6. The number of hydrogen-bond donors (Lipinski definition) is 2. The first-order chi connectivity index (χ1) is 14.3. The van der Waals surface area contributed by atoms with Gasteiger partial charge in [0, 0.05) is 58.9 Å². The average molecular weight is 410 g/mol. The van der Waals surface area contributed by atoms with Crippen LogP contribution in [0.3, 0.4) is 0 Å². The second kappa shape index (κ2) is 9.24. The first-order valence-electron chi connectivity index (χ1n) is 10.8. The molecule has 3 aromatic rings. The number of nitrogens with one attached hydrogen (secondary N) is 1. The Morgan fingerprint density at radius 1 is 0.966 bits per heavy atom. The fourth-order valence-electron chi connectivity index (χ4n) is 3.92. The molecule has 3 heterocycles. The van der Waals surface area contributed by atoms with Crippen molar-refractivity contribution in [2.45, 2.75) is 44.1 Å². The van der Waals surface area contributed by atoms with Gasteiger partial charge in [-0.25, -0.2) is 4.31 Å². The summed E-state index contributed by atoms with van der Waals surface area (Å²) in [6.45, 7) is 8.18. The second-order valence-electron chi connectivity index (χ2n) is 7.54. The fourth-order valence-corrected chi connectivity index (χ4v) is 4.95. The third-order valence-corrected chi connectivity index (χ3v) is 6.73. The Morgan fingerprint density at radius 3 is 2.41 bits per heavy atom. The Bertz CT molecular complexity index is 909. The van der Waals surface area contributed by atoms with E-state index in [1.165, 1.54) is 52.3 Å². The molecule has 0 aliphatic carbocycles. The number of nitrogens with zero attached hydrogens (tertiary/aromatic N) is 2. The lowest BCUT2D eigenvalue weighted by atomic mass is 10.0. The normalized spacial score (nSPS) is 17.7. The standard InChI is InChI=1S/C22H25N3OS.C2H6/c26-17-8-12-24(13-9-17)22-7-6-18(27-25-10-3-11-25)15-19(22)21-14-16-4-1-2-5-20(16)23-21;1-2/h1-2,4-7,14-15,17,23,26H,3,8-13H2;1-2H3. The summed E-state index contributed by atoms with van der Waals surface area (Å²) in [5.41, 5.74) is 4.87. The Morgan fingerprint density at radius 2 is 1.72 bits per heavy atom. The van der Waals surface area contributed by atoms with Crippen molar-refractivity contribution >= 4 is 28.5 Å². The average Bonchev–Trinajstić information content (AvgIpc) is 3.17. The van der Waals surface area contributed by atoms with Crippen molar-refractivity contribution in [2.75, 3.05) is 31.1 Å². The van der Waals surface area contributed by atoms with Crippen molar-refractivity contribution in [3.8, 4) is 11.3 Å². The van der Waals surface area contributed by atoms with Gasteiger partial charge in [0.05, 0.1) is 6.10 Å². The summed E-state index contributed by atoms with van der Waals surface area (Å²) in [6.07, 6.45) is 2.84. The van der Waals surface area contributed by atoms with Crippen molar-refractivity contribution in [1.29, 1.82) is 0 Å². The Labute approximate surface area is 178 Å². The number of fused-ring (bicyclic) bond motifs is 1. The molecule has 0 unspecified atom stereocenters. The van der Waals surface area contributed by atoms with Crippen LogP contribution in [0.25, 0.3) is 22.2 Å². The molecule has 2 aliphatic rings. The number of hydrogen-bond acceptors (Lipinski definition) is 4. The quantitative estimate of drug-likeness (QED) is 0.556. The largest absolute Gasteiger partial charge is 0.393 e. The van der Waals surface area contributed by atoms with Crippen molar-refractivity contribution in [3.63, 3.8) is 0 Å². The van der Waals surface area contributed by atoms with Crippen LogP contribution >= 0.6 is 11.9 Å². The van der Waals surface area contributed by atoms with E-state index in [-0.39, 0.29) is 6.10 Å². The van der Waals surface area contributed by atoms with Crippen LogP contribution < -0.4 is 4.90 Å². The number of para-hydroxylation sites is 1. The highest BCUT2D eigenvalue weighted by Gasteiger charge is 2.22. The van der Waals surface area contributed by atoms with Crippen molar-refractivity contribution in [1.82, 2.24) is 9.29 Å². The summed E-state index contributed by atoms with van der Waals surface area (Å²) in [7, 11) is 0. The first kappa shape index (κ1) is 20.3. The molecule has 0 spiro atoms. The molecule has 0 amide bonds. The summed E-state index contributed by atoms with van der Waals surface area (Å²) in [5, 5.41) is 11.1. The smallest absolute Gasteiger partial charge is 0.0574 e. The van der Waals surface area contributed by atoms with Crippen molar-refractivity contribution in [2.24, 2.45) is 0 Å². The molecule has 2 saturated heterocycles. The van der Waals surface area contributed by atoms with E-state index in [4.69, 9.17) is 0 Å². The number of aromatic amines is 1. The van der Waals surface area contributed by atoms with E-state index < -0.39 is 0 Å². The van der Waals surface area contributed by atoms with Gasteiger partial charge in [0.15, 0.2) is 0 Å². The van der Waals surface area contributed by atoms with Crippen LogP contribution in [0.2, 0.25) is 0 Å². The van der Waals surface area contributed by atoms with E-state index >= 15 is 0 Å². The molecule has 0 bridgehead atoms. The summed E-state index contributed by atoms with van der Waals surface area (Å²) < 4.78 is 2.42. The highest BCUT2D eigenvalue weighted by atomic mass is 32.2. The Balaban J connectivity index is 0.000000994. The molecule has 4 nitrogen and oxygen atoms in total. The van der Waals surface area contributed by atoms with Crippen molar-refractivity contribution in [3.05, 3.63) is 48.5 Å². The highest BCUT2D eigenvalue weighted by Crippen LogP contribution is 2.38. The number of aromatic nitrogens is 1. The van der Waals surface area contributed by atoms with Gasteiger partial charge in [-0.1, -0.05) is 32.0 Å². The molecule has 5 heteroatoms. The Kier molecular flexibility index (Phi) is 6.48. The van der Waals surface area contributed by atoms with E-state index in [1.54, 1.807) is 0 Å². The zero-order valence-electron chi connectivity index (χ0n) is 17.4. The molecule has 1 aromatic heterocycles. The molecule has 0 saturated carbocycles. The molecule has 2 N–H and O–H groups in total. The summed E-state index contributed by atoms with van der Waals surface area (Å²) in [5.74, 6) is 0. The maximum atomic E-state index is 9.89. The molecular weight excluding hydrogens is 378 g/mol. The SMILES string of the molecule is CC.OC1CCN(c2ccc(SN3CCC3)cc2-c2cc3ccccc3[nH]2)CC1. The molecule has 0 radical (unpaired) electrons. The fraction of sp³-hybridized carbons (Fsp3) is 0.417. The van der Waals surface area contributed by atoms with E-state index in [0.29, 0.717) is 0 Å². The number of benzene rings is 2. The van der Waals surface area contributed by atoms with Gasteiger partial charge in [0.1, 0.15) is 0 Å². The minimum absolute atomic E-state index is 0.154. The summed E-state index contributed by atoms with van der Waals surface area (Å²) in [4.78, 5) is 7.33. The second-order valence-corrected chi connectivity index (χ2v) is 8.71. The predicted octanol–water partition coefficient (Wildman–Crippen LogP) is 5.54. The van der Waals surface area contributed by atoms with Crippen LogP contribution in [0, 0.1) is 0 Å². The summed E-state index contributed by atoms with van der Waals surface area (Å²) >= 11 is 1.86. The van der Waals surface area contributed by atoms with Gasteiger partial charge < -0.3 is 15.0 Å². The third-order valence-electron chi connectivity index (χ3n) is 5.64. The van der Waals surface area contributed by atoms with Crippen LogP contribution in [0.5, 0.6) is 0 Å². The van der Waals surface area contributed by atoms with Gasteiger partial charge in [0.25, 0.3) is 0 Å². The molecule has 0 atom stereocenters. The lowest BCUT2D eigenvalue weighted by Crippen LogP contribution is -2.36. The third kappa shape index (κ3) is 4.47. The molecule has 2 fully saturated rings. The molecule has 2 aliphatic heterocycles. The zero-order valence-corrected chi connectivity index (χ0v) is 18.2. The van der Waals surface area contributed by atoms with Crippen LogP contribution in [-0.2, 0) is 0 Å². The Hall–Kier alpha value is -1.95. The van der Waals surface area contributed by atoms with Gasteiger partial charge in [-0.15, -0.1) is 0 Å². The van der Waals surface area contributed by atoms with Crippen LogP contribution in [0.4, 0.5) is 5.69 Å². The highest BCUT2D eigenvalue weighted by molar-refractivity contribution is 7.97. The van der Waals surface area contributed by atoms with Gasteiger partial charge in [-0.2, -0.15) is 0 Å². The number of aliphatic hydroxyl groups is 1. The monoisotopic (exact) mass is 409 g/mol. The van der Waals surface area contributed by atoms with E-state index in [9.17, 15) is 5.11 Å². The van der Waals surface area contributed by atoms with Crippen molar-refractivity contribution < 1.29 is 5.11 Å². The van der Waals surface area contributed by atoms with Crippen LogP contribution in [-0.4, -0.2) is 46.7 Å². The number of piperidine rings is 1. The number of aliphatic hydroxyl groups excluding tert-OH is 1. The predicted molar refractivity (Wildman–Crippen MR) is 125 cm³/mol. The van der Waals surface area contributed by atoms with Gasteiger partial charge >= 0.3 is 0 Å². The molecule has 154 valence electrons. The molecule has 2 aromatic carbocycles. The van der Waals surface area contributed by atoms with Crippen LogP contribution in [0.1, 0.15) is 33.1 Å². The maximum Gasteiger partial charge on any atom is 0.0574 e. The van der Waals surface area contributed by atoms with Gasteiger partial charge in [0.2, 0.25) is 0 Å². The van der Waals surface area contributed by atoms with Crippen LogP contribution in [0.15, 0.2) is 53.4 Å². The number of H-pyrrole nitrogens is 1. The topological polar surface area (TPSA) is 42.5 Å². The van der Waals surface area contributed by atoms with E-state index in [2.05, 4.69) is 62.7 Å². The van der Waals surface area contributed by atoms with E-state index in [0.717, 1.165) is 25.9 Å². The lowest BCUT2D eigenvalue weighted by Gasteiger charge is -2.33. The number of rotatable bonds is 4. The van der Waals surface area contributed by atoms with Gasteiger partial charge in [-0.3, -0.25) is 0 Å². The lowest BCUT2D eigenvalue weighted by molar-refractivity contribution is 0.145. The summed E-state index contributed by atoms with van der Waals surface area (Å²) in [6, 6.07) is 17.5. The zero-order chi connectivity index (χ0) is 20.2. The molecule has 29 heavy (non-hydrogen) atoms. The maximum absolute atomic E-state index is 9.89. The molecule has 5 rings (SSSR count). The van der Waals surface area contributed by atoms with E-state index in [1.807, 2.05) is 25.8 Å². The number of anilines is 1. The molecular formula is C24H31N3OS. The van der Waals surface area contributed by atoms with Gasteiger partial charge in [-0.05, 0) is 61.5 Å². The minimum atomic E-state index is -0.154. The minimum Gasteiger partial charge on any atom is -0.393 e.